The molecule has 0 spiro atoms. The zero-order chi connectivity index (χ0) is 13.3. The number of carbonyl (C=O) groups excluding carboxylic acids is 1. The van der Waals surface area contributed by atoms with Gasteiger partial charge in [-0.25, -0.2) is 9.67 Å². The van der Waals surface area contributed by atoms with Gasteiger partial charge in [0.1, 0.15) is 12.1 Å². The van der Waals surface area contributed by atoms with Crippen LogP contribution in [0.4, 0.5) is 5.82 Å². The molecule has 0 aliphatic carbocycles. The smallest absolute Gasteiger partial charge is 0.328 e. The molecular formula is C12H16N4O2. The molecule has 6 nitrogen and oxygen atoms in total. The molecule has 2 aromatic heterocycles. The zero-order valence-electron chi connectivity index (χ0n) is 10.7. The number of carbonyl (C=O) groups is 1. The second-order valence-electron chi connectivity index (χ2n) is 5.00. The summed E-state index contributed by atoms with van der Waals surface area (Å²) in [5, 5.41) is 4.83. The first-order valence-electron chi connectivity index (χ1n) is 5.66. The van der Waals surface area contributed by atoms with Gasteiger partial charge in [0, 0.05) is 6.20 Å². The molecule has 2 aromatic rings. The number of pyridine rings is 1. The fourth-order valence-corrected chi connectivity index (χ4v) is 1.64. The summed E-state index contributed by atoms with van der Waals surface area (Å²) in [5.74, 6) is -0.000730. The average Bonchev–Trinajstić information content (AvgIpc) is 2.54. The summed E-state index contributed by atoms with van der Waals surface area (Å²) in [5.41, 5.74) is 5.83. The Balaban J connectivity index is 2.25. The molecule has 2 N–H and O–H groups in total. The summed E-state index contributed by atoms with van der Waals surface area (Å²) < 4.78 is 6.69. The van der Waals surface area contributed by atoms with Crippen LogP contribution in [-0.4, -0.2) is 26.3 Å². The Morgan fingerprint density at radius 1 is 1.50 bits per heavy atom. The molecule has 96 valence electrons. The Labute approximate surface area is 105 Å². The second kappa shape index (κ2) is 4.29. The number of nitrogens with zero attached hydrogens (tertiary/aromatic N) is 3. The van der Waals surface area contributed by atoms with Crippen LogP contribution >= 0.6 is 0 Å². The number of nitrogens with two attached hydrogens (primary N) is 1. The monoisotopic (exact) mass is 248 g/mol. The van der Waals surface area contributed by atoms with E-state index in [4.69, 9.17) is 10.5 Å². The van der Waals surface area contributed by atoms with Crippen LogP contribution in [0.25, 0.3) is 11.0 Å². The zero-order valence-corrected chi connectivity index (χ0v) is 10.7. The maximum absolute atomic E-state index is 11.7. The fraction of sp³-hybridized carbons (Fsp3) is 0.417. The van der Waals surface area contributed by atoms with E-state index in [1.165, 1.54) is 4.68 Å². The van der Waals surface area contributed by atoms with E-state index in [1.54, 1.807) is 12.3 Å². The topological polar surface area (TPSA) is 83.0 Å². The van der Waals surface area contributed by atoms with Crippen molar-refractivity contribution in [2.75, 3.05) is 5.73 Å². The van der Waals surface area contributed by atoms with Crippen molar-refractivity contribution in [3.05, 3.63) is 18.3 Å². The lowest BCUT2D eigenvalue weighted by Gasteiger charge is -2.19. The quantitative estimate of drug-likeness (QED) is 0.811. The van der Waals surface area contributed by atoms with E-state index >= 15 is 0 Å². The van der Waals surface area contributed by atoms with Crippen LogP contribution in [0.1, 0.15) is 20.8 Å². The molecule has 0 unspecified atom stereocenters. The normalized spacial score (nSPS) is 11.7. The van der Waals surface area contributed by atoms with Gasteiger partial charge in [0.05, 0.1) is 5.39 Å². The van der Waals surface area contributed by atoms with Crippen LogP contribution in [0.15, 0.2) is 18.3 Å². The molecule has 2 rings (SSSR count). The van der Waals surface area contributed by atoms with E-state index < -0.39 is 5.60 Å². The third-order valence-corrected chi connectivity index (χ3v) is 2.23. The lowest BCUT2D eigenvalue weighted by molar-refractivity contribution is -0.155. The number of aromatic nitrogens is 3. The Morgan fingerprint density at radius 3 is 2.89 bits per heavy atom. The molecule has 0 bridgehead atoms. The number of hydrogen-bond acceptors (Lipinski definition) is 5. The van der Waals surface area contributed by atoms with E-state index in [1.807, 2.05) is 26.8 Å². The molecule has 18 heavy (non-hydrogen) atoms. The summed E-state index contributed by atoms with van der Waals surface area (Å²) in [4.78, 5) is 15.9. The molecule has 2 heterocycles. The van der Waals surface area contributed by atoms with E-state index in [9.17, 15) is 4.79 Å². The van der Waals surface area contributed by atoms with Crippen molar-refractivity contribution in [2.24, 2.45) is 0 Å². The number of ether oxygens (including phenoxy) is 1. The minimum absolute atomic E-state index is 0.00197. The lowest BCUT2D eigenvalue weighted by Crippen LogP contribution is -2.26. The number of nitrogen functional groups attached to an aromatic ring is 1. The molecule has 0 aliphatic heterocycles. The highest BCUT2D eigenvalue weighted by atomic mass is 16.6. The van der Waals surface area contributed by atoms with Crippen LogP contribution in [0.2, 0.25) is 0 Å². The molecule has 0 aliphatic rings. The minimum Gasteiger partial charge on any atom is -0.459 e. The predicted molar refractivity (Wildman–Crippen MR) is 67.8 cm³/mol. The fourth-order valence-electron chi connectivity index (χ4n) is 1.64. The largest absolute Gasteiger partial charge is 0.459 e. The van der Waals surface area contributed by atoms with Crippen molar-refractivity contribution >= 4 is 22.8 Å². The summed E-state index contributed by atoms with van der Waals surface area (Å²) >= 11 is 0. The lowest BCUT2D eigenvalue weighted by atomic mass is 10.2. The third kappa shape index (κ3) is 2.58. The van der Waals surface area contributed by atoms with Gasteiger partial charge in [-0.3, -0.25) is 4.79 Å². The van der Waals surface area contributed by atoms with Crippen molar-refractivity contribution in [3.8, 4) is 0 Å². The Hall–Kier alpha value is -2.11. The molecule has 0 aromatic carbocycles. The molecule has 0 saturated carbocycles. The Kier molecular flexibility index (Phi) is 2.94. The molecule has 0 fully saturated rings. The van der Waals surface area contributed by atoms with Gasteiger partial charge in [0.2, 0.25) is 0 Å². The van der Waals surface area contributed by atoms with Gasteiger partial charge in [0.25, 0.3) is 0 Å². The van der Waals surface area contributed by atoms with Gasteiger partial charge in [0.15, 0.2) is 11.5 Å². The summed E-state index contributed by atoms with van der Waals surface area (Å²) in [6.07, 6.45) is 1.63. The van der Waals surface area contributed by atoms with Gasteiger partial charge < -0.3 is 10.5 Å². The summed E-state index contributed by atoms with van der Waals surface area (Å²) in [7, 11) is 0. The molecule has 0 saturated heterocycles. The number of rotatable bonds is 2. The molecule has 0 atom stereocenters. The molecular weight excluding hydrogens is 232 g/mol. The van der Waals surface area contributed by atoms with Crippen LogP contribution in [-0.2, 0) is 16.1 Å². The summed E-state index contributed by atoms with van der Waals surface area (Å²) in [6, 6.07) is 3.59. The van der Waals surface area contributed by atoms with Gasteiger partial charge in [-0.05, 0) is 32.9 Å². The first kappa shape index (κ1) is 12.3. The minimum atomic E-state index is -0.515. The number of esters is 1. The van der Waals surface area contributed by atoms with E-state index in [2.05, 4.69) is 10.1 Å². The standard InChI is InChI=1S/C12H16N4O2/c1-12(2,3)18-9(17)7-16-11-8(10(13)15-16)5-4-6-14-11/h4-6H,7H2,1-3H3,(H2,13,15). The average molecular weight is 248 g/mol. The maximum Gasteiger partial charge on any atom is 0.328 e. The molecule has 0 amide bonds. The SMILES string of the molecule is CC(C)(C)OC(=O)Cn1nc(N)c2cccnc21. The Bertz CT molecular complexity index is 583. The van der Waals surface area contributed by atoms with Crippen molar-refractivity contribution in [3.63, 3.8) is 0 Å². The highest BCUT2D eigenvalue weighted by Crippen LogP contribution is 2.18. The predicted octanol–water partition coefficient (Wildman–Crippen LogP) is 1.36. The van der Waals surface area contributed by atoms with Gasteiger partial charge in [-0.1, -0.05) is 0 Å². The van der Waals surface area contributed by atoms with Crippen molar-refractivity contribution in [1.82, 2.24) is 14.8 Å². The van der Waals surface area contributed by atoms with Gasteiger partial charge in [-0.15, -0.1) is 0 Å². The number of hydrogen-bond donors (Lipinski definition) is 1. The molecule has 6 heteroatoms. The summed E-state index contributed by atoms with van der Waals surface area (Å²) in [6.45, 7) is 5.46. The van der Waals surface area contributed by atoms with E-state index in [0.29, 0.717) is 11.5 Å². The highest BCUT2D eigenvalue weighted by molar-refractivity contribution is 5.87. The van der Waals surface area contributed by atoms with Gasteiger partial charge in [-0.2, -0.15) is 5.10 Å². The van der Waals surface area contributed by atoms with E-state index in [0.717, 1.165) is 5.39 Å². The molecule has 0 radical (unpaired) electrons. The van der Waals surface area contributed by atoms with Gasteiger partial charge >= 0.3 is 5.97 Å². The number of anilines is 1. The first-order valence-corrected chi connectivity index (χ1v) is 5.66. The Morgan fingerprint density at radius 2 is 2.22 bits per heavy atom. The highest BCUT2D eigenvalue weighted by Gasteiger charge is 2.18. The number of fused-ring (bicyclic) bond motifs is 1. The van der Waals surface area contributed by atoms with Crippen molar-refractivity contribution in [2.45, 2.75) is 32.9 Å². The van der Waals surface area contributed by atoms with Crippen molar-refractivity contribution in [1.29, 1.82) is 0 Å². The van der Waals surface area contributed by atoms with Crippen LogP contribution in [0.3, 0.4) is 0 Å². The first-order chi connectivity index (χ1) is 8.37. The third-order valence-electron chi connectivity index (χ3n) is 2.23. The van der Waals surface area contributed by atoms with E-state index in [-0.39, 0.29) is 12.5 Å². The van der Waals surface area contributed by atoms with Crippen LogP contribution in [0, 0.1) is 0 Å². The van der Waals surface area contributed by atoms with Crippen molar-refractivity contribution < 1.29 is 9.53 Å². The van der Waals surface area contributed by atoms with Crippen LogP contribution in [0.5, 0.6) is 0 Å². The maximum atomic E-state index is 11.7. The second-order valence-corrected chi connectivity index (χ2v) is 5.00. The van der Waals surface area contributed by atoms with Crippen LogP contribution < -0.4 is 5.73 Å².